The van der Waals surface area contributed by atoms with Gasteiger partial charge in [-0.25, -0.2) is 0 Å². The van der Waals surface area contributed by atoms with Gasteiger partial charge in [0.15, 0.2) is 0 Å². The molecule has 1 fully saturated rings. The van der Waals surface area contributed by atoms with E-state index in [1.807, 2.05) is 24.3 Å². The van der Waals surface area contributed by atoms with E-state index in [9.17, 15) is 9.59 Å². The third kappa shape index (κ3) is 3.49. The molecule has 1 saturated heterocycles. The molecule has 1 aromatic carbocycles. The summed E-state index contributed by atoms with van der Waals surface area (Å²) in [6, 6.07) is 7.50. The van der Waals surface area contributed by atoms with Gasteiger partial charge in [-0.2, -0.15) is 0 Å². The summed E-state index contributed by atoms with van der Waals surface area (Å²) < 4.78 is 1.56. The van der Waals surface area contributed by atoms with Crippen molar-refractivity contribution in [3.05, 3.63) is 39.8 Å². The van der Waals surface area contributed by atoms with E-state index < -0.39 is 0 Å². The standard InChI is InChI=1S/C14H14Br2N2O2/c1-9(15)7-17-14(20)10-6-13(19)18(8-10)12-5-3-2-4-11(12)16/h2-5,10H,1,6-8H2,(H,17,20). The largest absolute Gasteiger partial charge is 0.351 e. The molecule has 0 radical (unpaired) electrons. The molecule has 0 aromatic heterocycles. The molecule has 1 aromatic rings. The smallest absolute Gasteiger partial charge is 0.227 e. The van der Waals surface area contributed by atoms with Crippen molar-refractivity contribution in [1.29, 1.82) is 0 Å². The van der Waals surface area contributed by atoms with Gasteiger partial charge in [0.25, 0.3) is 0 Å². The number of hydrogen-bond donors (Lipinski definition) is 1. The lowest BCUT2D eigenvalue weighted by molar-refractivity contribution is -0.126. The minimum Gasteiger partial charge on any atom is -0.351 e. The Bertz CT molecular complexity index is 560. The van der Waals surface area contributed by atoms with Gasteiger partial charge in [-0.15, -0.1) is 0 Å². The Kier molecular flexibility index (Phi) is 4.99. The third-order valence-corrected chi connectivity index (χ3v) is 4.04. The second kappa shape index (κ2) is 6.54. The zero-order valence-corrected chi connectivity index (χ0v) is 13.9. The molecule has 1 unspecified atom stereocenters. The van der Waals surface area contributed by atoms with Gasteiger partial charge < -0.3 is 10.2 Å². The molecule has 0 aliphatic carbocycles. The lowest BCUT2D eigenvalue weighted by atomic mass is 10.1. The number of carbonyl (C=O) groups is 2. The summed E-state index contributed by atoms with van der Waals surface area (Å²) in [7, 11) is 0. The fraction of sp³-hybridized carbons (Fsp3) is 0.286. The molecular weight excluding hydrogens is 388 g/mol. The Morgan fingerprint density at radius 1 is 1.45 bits per heavy atom. The maximum atomic E-state index is 12.1. The van der Waals surface area contributed by atoms with Crippen LogP contribution in [0.1, 0.15) is 6.42 Å². The van der Waals surface area contributed by atoms with Crippen molar-refractivity contribution in [1.82, 2.24) is 5.32 Å². The quantitative estimate of drug-likeness (QED) is 0.843. The minimum atomic E-state index is -0.318. The molecule has 0 bridgehead atoms. The van der Waals surface area contributed by atoms with Crippen molar-refractivity contribution in [2.24, 2.45) is 5.92 Å². The predicted molar refractivity (Wildman–Crippen MR) is 85.7 cm³/mol. The van der Waals surface area contributed by atoms with Crippen LogP contribution in [0, 0.1) is 5.92 Å². The number of nitrogens with zero attached hydrogens (tertiary/aromatic N) is 1. The summed E-state index contributed by atoms with van der Waals surface area (Å²) in [6.45, 7) is 4.44. The van der Waals surface area contributed by atoms with E-state index >= 15 is 0 Å². The number of anilines is 1. The summed E-state index contributed by atoms with van der Waals surface area (Å²) in [5.41, 5.74) is 0.803. The Morgan fingerprint density at radius 2 is 2.15 bits per heavy atom. The van der Waals surface area contributed by atoms with Gasteiger partial charge in [-0.3, -0.25) is 9.59 Å². The van der Waals surface area contributed by atoms with E-state index in [0.29, 0.717) is 17.6 Å². The van der Waals surface area contributed by atoms with Gasteiger partial charge in [0.2, 0.25) is 11.8 Å². The number of carbonyl (C=O) groups excluding carboxylic acids is 2. The molecular formula is C14H14Br2N2O2. The van der Waals surface area contributed by atoms with Crippen molar-refractivity contribution in [2.45, 2.75) is 6.42 Å². The summed E-state index contributed by atoms with van der Waals surface area (Å²) in [4.78, 5) is 25.7. The molecule has 1 N–H and O–H groups in total. The Hall–Kier alpha value is -1.14. The lowest BCUT2D eigenvalue weighted by Gasteiger charge is -2.18. The van der Waals surface area contributed by atoms with Crippen molar-refractivity contribution in [3.63, 3.8) is 0 Å². The van der Waals surface area contributed by atoms with Crippen LogP contribution in [0.3, 0.4) is 0 Å². The number of rotatable bonds is 4. The second-order valence-corrected chi connectivity index (χ2v) is 6.57. The molecule has 106 valence electrons. The van der Waals surface area contributed by atoms with Crippen LogP contribution in [0.25, 0.3) is 0 Å². The Morgan fingerprint density at radius 3 is 2.80 bits per heavy atom. The molecule has 1 aliphatic rings. The lowest BCUT2D eigenvalue weighted by Crippen LogP contribution is -2.33. The fourth-order valence-electron chi connectivity index (χ4n) is 2.11. The van der Waals surface area contributed by atoms with Crippen LogP contribution in [-0.4, -0.2) is 24.9 Å². The van der Waals surface area contributed by atoms with Crippen LogP contribution >= 0.6 is 31.9 Å². The molecule has 1 aliphatic heterocycles. The fourth-order valence-corrected chi connectivity index (χ4v) is 2.75. The molecule has 1 heterocycles. The van der Waals surface area contributed by atoms with E-state index in [0.717, 1.165) is 10.2 Å². The first kappa shape index (κ1) is 15.3. The number of amides is 2. The zero-order chi connectivity index (χ0) is 14.7. The van der Waals surface area contributed by atoms with Gasteiger partial charge >= 0.3 is 0 Å². The van der Waals surface area contributed by atoms with Crippen molar-refractivity contribution < 1.29 is 9.59 Å². The van der Waals surface area contributed by atoms with Gasteiger partial charge in [0, 0.05) is 28.5 Å². The van der Waals surface area contributed by atoms with Crippen LogP contribution in [0.2, 0.25) is 0 Å². The van der Waals surface area contributed by atoms with Crippen molar-refractivity contribution in [2.75, 3.05) is 18.0 Å². The van der Waals surface area contributed by atoms with Crippen LogP contribution in [-0.2, 0) is 9.59 Å². The minimum absolute atomic E-state index is 0.0327. The second-order valence-electron chi connectivity index (χ2n) is 4.59. The molecule has 0 spiro atoms. The van der Waals surface area contributed by atoms with Gasteiger partial charge in [0.1, 0.15) is 0 Å². The molecule has 2 amide bonds. The molecule has 1 atom stereocenters. The zero-order valence-electron chi connectivity index (χ0n) is 10.7. The first-order valence-corrected chi connectivity index (χ1v) is 7.73. The number of para-hydroxylation sites is 1. The van der Waals surface area contributed by atoms with E-state index in [2.05, 4.69) is 43.8 Å². The molecule has 0 saturated carbocycles. The van der Waals surface area contributed by atoms with Crippen molar-refractivity contribution in [3.8, 4) is 0 Å². The van der Waals surface area contributed by atoms with Crippen LogP contribution in [0.4, 0.5) is 5.69 Å². The summed E-state index contributed by atoms with van der Waals surface area (Å²) in [6.07, 6.45) is 0.238. The van der Waals surface area contributed by atoms with Gasteiger partial charge in [-0.1, -0.05) is 34.6 Å². The average molecular weight is 402 g/mol. The van der Waals surface area contributed by atoms with Gasteiger partial charge in [-0.05, 0) is 28.1 Å². The topological polar surface area (TPSA) is 49.4 Å². The number of nitrogens with one attached hydrogen (secondary N) is 1. The SMILES string of the molecule is C=C(Br)CNC(=O)C1CC(=O)N(c2ccccc2Br)C1. The van der Waals surface area contributed by atoms with Crippen LogP contribution < -0.4 is 10.2 Å². The van der Waals surface area contributed by atoms with E-state index in [1.54, 1.807) is 4.90 Å². The maximum Gasteiger partial charge on any atom is 0.227 e. The Labute approximate surface area is 134 Å². The first-order chi connectivity index (χ1) is 9.49. The highest BCUT2D eigenvalue weighted by molar-refractivity contribution is 9.11. The molecule has 4 nitrogen and oxygen atoms in total. The number of halogens is 2. The number of hydrogen-bond acceptors (Lipinski definition) is 2. The predicted octanol–water partition coefficient (Wildman–Crippen LogP) is 2.83. The van der Waals surface area contributed by atoms with E-state index in [4.69, 9.17) is 0 Å². The monoisotopic (exact) mass is 400 g/mol. The molecule has 2 rings (SSSR count). The van der Waals surface area contributed by atoms with Crippen molar-refractivity contribution >= 4 is 49.4 Å². The highest BCUT2D eigenvalue weighted by Crippen LogP contribution is 2.31. The molecule has 20 heavy (non-hydrogen) atoms. The normalized spacial score (nSPS) is 18.2. The third-order valence-electron chi connectivity index (χ3n) is 3.09. The van der Waals surface area contributed by atoms with E-state index in [1.165, 1.54) is 0 Å². The highest BCUT2D eigenvalue weighted by Gasteiger charge is 2.35. The summed E-state index contributed by atoms with van der Waals surface area (Å²) in [5, 5.41) is 2.76. The Balaban J connectivity index is 2.06. The maximum absolute atomic E-state index is 12.1. The van der Waals surface area contributed by atoms with Crippen LogP contribution in [0.5, 0.6) is 0 Å². The van der Waals surface area contributed by atoms with Crippen LogP contribution in [0.15, 0.2) is 39.8 Å². The first-order valence-electron chi connectivity index (χ1n) is 6.15. The van der Waals surface area contributed by atoms with E-state index in [-0.39, 0.29) is 24.2 Å². The average Bonchev–Trinajstić information content (AvgIpc) is 2.78. The van der Waals surface area contributed by atoms with Gasteiger partial charge in [0.05, 0.1) is 11.6 Å². The summed E-state index contributed by atoms with van der Waals surface area (Å²) >= 11 is 6.62. The molecule has 6 heteroatoms. The summed E-state index contributed by atoms with van der Waals surface area (Å²) in [5.74, 6) is -0.468. The number of benzene rings is 1. The highest BCUT2D eigenvalue weighted by atomic mass is 79.9.